The van der Waals surface area contributed by atoms with Gasteiger partial charge in [-0.2, -0.15) is 0 Å². The number of allylic oxidation sites excluding steroid dienone is 2. The number of benzene rings is 1. The normalized spacial score (nSPS) is 30.0. The lowest BCUT2D eigenvalue weighted by atomic mass is 9.74. The summed E-state index contributed by atoms with van der Waals surface area (Å²) in [5.41, 5.74) is 1.69. The Bertz CT molecular complexity index is 605. The molecule has 2 fully saturated rings. The first-order valence-corrected chi connectivity index (χ1v) is 11.0. The van der Waals surface area contributed by atoms with Crippen molar-refractivity contribution in [3.8, 4) is 0 Å². The summed E-state index contributed by atoms with van der Waals surface area (Å²) >= 11 is 6.29. The van der Waals surface area contributed by atoms with Gasteiger partial charge in [0.25, 0.3) is 0 Å². The molecule has 0 saturated heterocycles. The molecule has 1 aromatic rings. The van der Waals surface area contributed by atoms with Crippen LogP contribution in [0.4, 0.5) is 4.39 Å². The van der Waals surface area contributed by atoms with Gasteiger partial charge in [0.05, 0.1) is 5.02 Å². The number of halogens is 2. The second-order valence-electron chi connectivity index (χ2n) is 8.70. The smallest absolute Gasteiger partial charge is 0.144 e. The highest BCUT2D eigenvalue weighted by Gasteiger charge is 2.26. The fraction of sp³-hybridized carbons (Fsp3) is 0.667. The van der Waals surface area contributed by atoms with Crippen LogP contribution in [-0.2, 0) is 0 Å². The Kier molecular flexibility index (Phi) is 7.20. The Labute approximate surface area is 164 Å². The lowest BCUT2D eigenvalue weighted by Crippen LogP contribution is -2.17. The third-order valence-electron chi connectivity index (χ3n) is 6.93. The molecule has 0 heterocycles. The van der Waals surface area contributed by atoms with Crippen LogP contribution in [0, 0.1) is 30.5 Å². The van der Waals surface area contributed by atoms with Gasteiger partial charge >= 0.3 is 0 Å². The van der Waals surface area contributed by atoms with Crippen LogP contribution in [0.1, 0.15) is 88.2 Å². The van der Waals surface area contributed by atoms with Crippen LogP contribution in [0.3, 0.4) is 0 Å². The van der Waals surface area contributed by atoms with E-state index >= 15 is 0 Å². The first-order chi connectivity index (χ1) is 12.6. The van der Waals surface area contributed by atoms with E-state index in [-0.39, 0.29) is 5.82 Å². The van der Waals surface area contributed by atoms with Crippen LogP contribution < -0.4 is 0 Å². The molecule has 0 amide bonds. The van der Waals surface area contributed by atoms with Crippen LogP contribution in [0.5, 0.6) is 0 Å². The van der Waals surface area contributed by atoms with E-state index < -0.39 is 0 Å². The van der Waals surface area contributed by atoms with Gasteiger partial charge in [0.1, 0.15) is 5.82 Å². The van der Waals surface area contributed by atoms with E-state index in [0.717, 1.165) is 23.3 Å². The predicted molar refractivity (Wildman–Crippen MR) is 110 cm³/mol. The standard InChI is InChI=1S/C24H34ClF/c1-3-4-18-6-8-19(9-7-18)10-11-20-12-14-21(15-13-20)22-16-5-17(2)24(26)23(22)25/h3-5,16,18-21H,6-15H2,1-2H3. The predicted octanol–water partition coefficient (Wildman–Crippen LogP) is 8.22. The van der Waals surface area contributed by atoms with Crippen molar-refractivity contribution in [2.45, 2.75) is 84.0 Å². The topological polar surface area (TPSA) is 0 Å². The van der Waals surface area contributed by atoms with Crippen molar-refractivity contribution >= 4 is 11.6 Å². The summed E-state index contributed by atoms with van der Waals surface area (Å²) in [6.07, 6.45) is 17.9. The number of aryl methyl sites for hydroxylation is 1. The first-order valence-electron chi connectivity index (χ1n) is 10.7. The van der Waals surface area contributed by atoms with Gasteiger partial charge in [-0.1, -0.05) is 48.7 Å². The number of rotatable bonds is 5. The molecule has 0 nitrogen and oxygen atoms in total. The summed E-state index contributed by atoms with van der Waals surface area (Å²) < 4.78 is 14.1. The summed E-state index contributed by atoms with van der Waals surface area (Å²) in [4.78, 5) is 0. The lowest BCUT2D eigenvalue weighted by Gasteiger charge is -2.32. The average molecular weight is 377 g/mol. The highest BCUT2D eigenvalue weighted by Crippen LogP contribution is 2.42. The van der Waals surface area contributed by atoms with E-state index in [2.05, 4.69) is 25.1 Å². The van der Waals surface area contributed by atoms with Crippen molar-refractivity contribution in [1.29, 1.82) is 0 Å². The van der Waals surface area contributed by atoms with Crippen molar-refractivity contribution in [1.82, 2.24) is 0 Å². The van der Waals surface area contributed by atoms with Crippen LogP contribution in [-0.4, -0.2) is 0 Å². The zero-order valence-electron chi connectivity index (χ0n) is 16.4. The molecule has 3 rings (SSSR count). The van der Waals surface area contributed by atoms with Gasteiger partial charge in [0, 0.05) is 0 Å². The van der Waals surface area contributed by atoms with Crippen molar-refractivity contribution < 1.29 is 4.39 Å². The quantitative estimate of drug-likeness (QED) is 0.454. The van der Waals surface area contributed by atoms with Gasteiger partial charge < -0.3 is 0 Å². The second-order valence-corrected chi connectivity index (χ2v) is 9.08. The fourth-order valence-corrected chi connectivity index (χ4v) is 5.52. The van der Waals surface area contributed by atoms with Gasteiger partial charge in [0.2, 0.25) is 0 Å². The monoisotopic (exact) mass is 376 g/mol. The van der Waals surface area contributed by atoms with Crippen LogP contribution in [0.2, 0.25) is 5.02 Å². The van der Waals surface area contributed by atoms with Crippen LogP contribution in [0.15, 0.2) is 24.3 Å². The van der Waals surface area contributed by atoms with E-state index in [1.807, 2.05) is 6.07 Å². The summed E-state index contributed by atoms with van der Waals surface area (Å²) in [6, 6.07) is 3.93. The minimum atomic E-state index is -0.222. The summed E-state index contributed by atoms with van der Waals surface area (Å²) in [6.45, 7) is 3.93. The Morgan fingerprint density at radius 1 is 0.962 bits per heavy atom. The molecule has 0 N–H and O–H groups in total. The molecule has 0 aliphatic heterocycles. The van der Waals surface area contributed by atoms with Crippen molar-refractivity contribution in [3.63, 3.8) is 0 Å². The maximum atomic E-state index is 14.1. The third-order valence-corrected chi connectivity index (χ3v) is 7.32. The van der Waals surface area contributed by atoms with Crippen molar-refractivity contribution in [2.75, 3.05) is 0 Å². The number of hydrogen-bond acceptors (Lipinski definition) is 0. The van der Waals surface area contributed by atoms with Gasteiger partial charge in [-0.3, -0.25) is 0 Å². The van der Waals surface area contributed by atoms with E-state index in [9.17, 15) is 4.39 Å². The Morgan fingerprint density at radius 2 is 1.54 bits per heavy atom. The molecule has 0 atom stereocenters. The minimum Gasteiger partial charge on any atom is -0.205 e. The second kappa shape index (κ2) is 9.40. The Morgan fingerprint density at radius 3 is 2.12 bits per heavy atom. The molecule has 0 bridgehead atoms. The largest absolute Gasteiger partial charge is 0.205 e. The maximum absolute atomic E-state index is 14.1. The molecular weight excluding hydrogens is 343 g/mol. The van der Waals surface area contributed by atoms with Gasteiger partial charge in [0.15, 0.2) is 0 Å². The number of hydrogen-bond donors (Lipinski definition) is 0. The molecule has 26 heavy (non-hydrogen) atoms. The Balaban J connectivity index is 1.43. The van der Waals surface area contributed by atoms with Crippen molar-refractivity contribution in [2.24, 2.45) is 17.8 Å². The minimum absolute atomic E-state index is 0.222. The highest BCUT2D eigenvalue weighted by atomic mass is 35.5. The summed E-state index contributed by atoms with van der Waals surface area (Å²) in [7, 11) is 0. The zero-order valence-corrected chi connectivity index (χ0v) is 17.2. The molecule has 0 radical (unpaired) electrons. The average Bonchev–Trinajstić information content (AvgIpc) is 2.67. The fourth-order valence-electron chi connectivity index (χ4n) is 5.15. The van der Waals surface area contributed by atoms with Crippen LogP contribution >= 0.6 is 11.6 Å². The van der Waals surface area contributed by atoms with Gasteiger partial charge in [-0.15, -0.1) is 0 Å². The molecule has 2 aliphatic carbocycles. The van der Waals surface area contributed by atoms with E-state index in [0.29, 0.717) is 16.5 Å². The SMILES string of the molecule is CC=CC1CCC(CCC2CCC(c3ccc(C)c(F)c3Cl)CC2)CC1. The lowest BCUT2D eigenvalue weighted by molar-refractivity contribution is 0.246. The van der Waals surface area contributed by atoms with E-state index in [1.165, 1.54) is 64.2 Å². The highest BCUT2D eigenvalue weighted by molar-refractivity contribution is 6.31. The molecule has 2 aliphatic rings. The zero-order chi connectivity index (χ0) is 18.5. The molecule has 2 heteroatoms. The molecule has 2 saturated carbocycles. The molecule has 0 aromatic heterocycles. The van der Waals surface area contributed by atoms with Gasteiger partial charge in [-0.25, -0.2) is 4.39 Å². The van der Waals surface area contributed by atoms with E-state index in [4.69, 9.17) is 11.6 Å². The molecule has 1 aromatic carbocycles. The first kappa shape index (κ1) is 19.9. The van der Waals surface area contributed by atoms with Gasteiger partial charge in [-0.05, 0) is 100 Å². The summed E-state index contributed by atoms with van der Waals surface area (Å²) in [5, 5.41) is 0.367. The maximum Gasteiger partial charge on any atom is 0.144 e. The summed E-state index contributed by atoms with van der Waals surface area (Å²) in [5.74, 6) is 2.89. The molecule has 144 valence electrons. The van der Waals surface area contributed by atoms with Crippen LogP contribution in [0.25, 0.3) is 0 Å². The van der Waals surface area contributed by atoms with E-state index in [1.54, 1.807) is 6.92 Å². The third kappa shape index (κ3) is 4.91. The molecule has 0 spiro atoms. The van der Waals surface area contributed by atoms with Crippen molar-refractivity contribution in [3.05, 3.63) is 46.3 Å². The molecular formula is C24H34ClF. The Hall–Kier alpha value is -0.820. The molecule has 0 unspecified atom stereocenters.